The molecule has 2 N–H and O–H groups in total. The van der Waals surface area contributed by atoms with Crippen LogP contribution in [0.5, 0.6) is 0 Å². The zero-order valence-electron chi connectivity index (χ0n) is 9.68. The molecule has 16 heavy (non-hydrogen) atoms. The van der Waals surface area contributed by atoms with Crippen molar-refractivity contribution in [1.82, 2.24) is 4.72 Å². The minimum atomic E-state index is -3.25. The molecule has 0 aromatic carbocycles. The van der Waals surface area contributed by atoms with Crippen molar-refractivity contribution in [3.8, 4) is 0 Å². The number of aliphatic hydroxyl groups excluding tert-OH is 1. The second-order valence-electron chi connectivity index (χ2n) is 4.12. The molecular formula is C10H21NO4S. The number of hydrogen-bond acceptors (Lipinski definition) is 4. The lowest BCUT2D eigenvalue weighted by Gasteiger charge is -2.15. The Balaban J connectivity index is 2.24. The molecule has 0 aromatic rings. The van der Waals surface area contributed by atoms with Crippen molar-refractivity contribution >= 4 is 10.0 Å². The Labute approximate surface area is 97.2 Å². The molecule has 96 valence electrons. The first-order chi connectivity index (χ1) is 7.55. The molecule has 0 aliphatic heterocycles. The summed E-state index contributed by atoms with van der Waals surface area (Å²) in [6, 6.07) is 0. The molecular weight excluding hydrogens is 230 g/mol. The highest BCUT2D eigenvalue weighted by atomic mass is 32.2. The van der Waals surface area contributed by atoms with Gasteiger partial charge in [-0.1, -0.05) is 6.42 Å². The fourth-order valence-corrected chi connectivity index (χ4v) is 2.82. The van der Waals surface area contributed by atoms with Crippen LogP contribution < -0.4 is 4.72 Å². The van der Waals surface area contributed by atoms with E-state index in [9.17, 15) is 13.5 Å². The molecule has 1 fully saturated rings. The normalized spacial score (nSPS) is 26.1. The number of aliphatic hydroxyl groups is 1. The van der Waals surface area contributed by atoms with Gasteiger partial charge in [0.25, 0.3) is 0 Å². The van der Waals surface area contributed by atoms with Crippen LogP contribution in [0.4, 0.5) is 0 Å². The van der Waals surface area contributed by atoms with E-state index in [0.717, 1.165) is 19.3 Å². The maximum absolute atomic E-state index is 11.5. The minimum absolute atomic E-state index is 0.0103. The van der Waals surface area contributed by atoms with Crippen LogP contribution in [0, 0.1) is 5.92 Å². The third-order valence-electron chi connectivity index (χ3n) is 2.88. The smallest absolute Gasteiger partial charge is 0.213 e. The van der Waals surface area contributed by atoms with Crippen molar-refractivity contribution < 1.29 is 18.3 Å². The summed E-state index contributed by atoms with van der Waals surface area (Å²) in [6.07, 6.45) is 2.31. The fourth-order valence-electron chi connectivity index (χ4n) is 1.87. The predicted molar refractivity (Wildman–Crippen MR) is 61.6 cm³/mol. The van der Waals surface area contributed by atoms with Crippen LogP contribution in [0.1, 0.15) is 26.2 Å². The van der Waals surface area contributed by atoms with Crippen LogP contribution in [0.25, 0.3) is 0 Å². The molecule has 0 bridgehead atoms. The standard InChI is InChI=1S/C10H21NO4S/c1-2-15-6-7-16(13,14)11-8-9-4-3-5-10(9)12/h9-12H,2-8H2,1H3. The summed E-state index contributed by atoms with van der Waals surface area (Å²) in [5.74, 6) is 0.0609. The van der Waals surface area contributed by atoms with Gasteiger partial charge in [0, 0.05) is 13.2 Å². The molecule has 0 saturated heterocycles. The molecule has 6 heteroatoms. The van der Waals surface area contributed by atoms with E-state index in [1.807, 2.05) is 6.92 Å². The molecule has 1 rings (SSSR count). The predicted octanol–water partition coefficient (Wildman–Crippen LogP) is 0.103. The van der Waals surface area contributed by atoms with Crippen LogP contribution in [0.15, 0.2) is 0 Å². The van der Waals surface area contributed by atoms with Gasteiger partial charge in [0.15, 0.2) is 0 Å². The highest BCUT2D eigenvalue weighted by Gasteiger charge is 2.26. The molecule has 0 amide bonds. The zero-order valence-corrected chi connectivity index (χ0v) is 10.5. The highest BCUT2D eigenvalue weighted by molar-refractivity contribution is 7.89. The van der Waals surface area contributed by atoms with Gasteiger partial charge < -0.3 is 9.84 Å². The molecule has 0 spiro atoms. The van der Waals surface area contributed by atoms with E-state index in [4.69, 9.17) is 4.74 Å². The molecule has 1 aliphatic rings. The van der Waals surface area contributed by atoms with E-state index >= 15 is 0 Å². The summed E-state index contributed by atoms with van der Waals surface area (Å²) in [5, 5.41) is 9.54. The Hall–Kier alpha value is -0.170. The fraction of sp³-hybridized carbons (Fsp3) is 1.00. The number of sulfonamides is 1. The minimum Gasteiger partial charge on any atom is -0.393 e. The largest absolute Gasteiger partial charge is 0.393 e. The summed E-state index contributed by atoms with van der Waals surface area (Å²) in [4.78, 5) is 0. The van der Waals surface area contributed by atoms with E-state index in [-0.39, 0.29) is 24.4 Å². The first-order valence-corrected chi connectivity index (χ1v) is 7.43. The van der Waals surface area contributed by atoms with Crippen molar-refractivity contribution in [2.24, 2.45) is 5.92 Å². The molecule has 0 heterocycles. The third-order valence-corrected chi connectivity index (χ3v) is 4.20. The lowest BCUT2D eigenvalue weighted by atomic mass is 10.1. The van der Waals surface area contributed by atoms with E-state index in [1.165, 1.54) is 0 Å². The average Bonchev–Trinajstić information content (AvgIpc) is 2.62. The Morgan fingerprint density at radius 1 is 1.44 bits per heavy atom. The topological polar surface area (TPSA) is 75.6 Å². The van der Waals surface area contributed by atoms with Gasteiger partial charge in [0.2, 0.25) is 10.0 Å². The van der Waals surface area contributed by atoms with E-state index in [0.29, 0.717) is 13.2 Å². The lowest BCUT2D eigenvalue weighted by molar-refractivity contribution is 0.134. The summed E-state index contributed by atoms with van der Waals surface area (Å²) in [7, 11) is -3.25. The maximum atomic E-state index is 11.5. The van der Waals surface area contributed by atoms with Crippen molar-refractivity contribution in [3.05, 3.63) is 0 Å². The van der Waals surface area contributed by atoms with Crippen LogP contribution >= 0.6 is 0 Å². The highest BCUT2D eigenvalue weighted by Crippen LogP contribution is 2.24. The summed E-state index contributed by atoms with van der Waals surface area (Å²) in [6.45, 7) is 2.92. The van der Waals surface area contributed by atoms with Crippen LogP contribution in [-0.2, 0) is 14.8 Å². The Morgan fingerprint density at radius 2 is 2.19 bits per heavy atom. The summed E-state index contributed by atoms with van der Waals surface area (Å²) < 4.78 is 30.5. The Morgan fingerprint density at radius 3 is 2.75 bits per heavy atom. The monoisotopic (exact) mass is 251 g/mol. The quantitative estimate of drug-likeness (QED) is 0.629. The summed E-state index contributed by atoms with van der Waals surface area (Å²) >= 11 is 0. The number of nitrogens with one attached hydrogen (secondary N) is 1. The third kappa shape index (κ3) is 4.78. The molecule has 0 aromatic heterocycles. The van der Waals surface area contributed by atoms with Gasteiger partial charge >= 0.3 is 0 Å². The average molecular weight is 251 g/mol. The Bertz CT molecular complexity index is 291. The lowest BCUT2D eigenvalue weighted by Crippen LogP contribution is -2.34. The van der Waals surface area contributed by atoms with Crippen molar-refractivity contribution in [3.63, 3.8) is 0 Å². The molecule has 2 unspecified atom stereocenters. The van der Waals surface area contributed by atoms with Crippen LogP contribution in [0.2, 0.25) is 0 Å². The van der Waals surface area contributed by atoms with Crippen molar-refractivity contribution in [1.29, 1.82) is 0 Å². The first-order valence-electron chi connectivity index (χ1n) is 5.78. The van der Waals surface area contributed by atoms with Crippen LogP contribution in [-0.4, -0.2) is 45.1 Å². The summed E-state index contributed by atoms with van der Waals surface area (Å²) in [5.41, 5.74) is 0. The first kappa shape index (κ1) is 13.9. The van der Waals surface area contributed by atoms with Gasteiger partial charge in [0.1, 0.15) is 0 Å². The Kier molecular flexibility index (Phi) is 5.68. The SMILES string of the molecule is CCOCCS(=O)(=O)NCC1CCCC1O. The van der Waals surface area contributed by atoms with E-state index in [2.05, 4.69) is 4.72 Å². The van der Waals surface area contributed by atoms with E-state index in [1.54, 1.807) is 0 Å². The molecule has 5 nitrogen and oxygen atoms in total. The molecule has 1 aliphatic carbocycles. The van der Waals surface area contributed by atoms with Gasteiger partial charge in [-0.15, -0.1) is 0 Å². The second kappa shape index (κ2) is 6.54. The number of ether oxygens (including phenoxy) is 1. The van der Waals surface area contributed by atoms with Gasteiger partial charge in [-0.2, -0.15) is 0 Å². The maximum Gasteiger partial charge on any atom is 0.213 e. The second-order valence-corrected chi connectivity index (χ2v) is 6.05. The number of rotatable bonds is 7. The molecule has 0 radical (unpaired) electrons. The molecule has 2 atom stereocenters. The van der Waals surface area contributed by atoms with Gasteiger partial charge in [-0.05, 0) is 25.7 Å². The van der Waals surface area contributed by atoms with Gasteiger partial charge in [-0.3, -0.25) is 0 Å². The zero-order chi connectivity index (χ0) is 12.0. The van der Waals surface area contributed by atoms with Gasteiger partial charge in [0.05, 0.1) is 18.5 Å². The number of hydrogen-bond donors (Lipinski definition) is 2. The van der Waals surface area contributed by atoms with Crippen LogP contribution in [0.3, 0.4) is 0 Å². The van der Waals surface area contributed by atoms with E-state index < -0.39 is 10.0 Å². The van der Waals surface area contributed by atoms with Crippen molar-refractivity contribution in [2.45, 2.75) is 32.3 Å². The molecule has 1 saturated carbocycles. The van der Waals surface area contributed by atoms with Crippen molar-refractivity contribution in [2.75, 3.05) is 25.5 Å². The van der Waals surface area contributed by atoms with Gasteiger partial charge in [-0.25, -0.2) is 13.1 Å².